The maximum atomic E-state index is 4.90. The first-order valence-corrected chi connectivity index (χ1v) is 10.4. The molecule has 0 radical (unpaired) electrons. The van der Waals surface area contributed by atoms with Crippen molar-refractivity contribution < 1.29 is 4.90 Å². The standard InChI is InChI=1S/C25H26N4/c1-27-23-15-9-8-14-22(23)26-25(27)29-18-16-28(17-19-29)24(20-10-4-2-5-11-20)21-12-6-3-7-13-21/h2-15,24H,16-19H2,1H3/p+1. The van der Waals surface area contributed by atoms with Gasteiger partial charge in [-0.1, -0.05) is 72.8 Å². The van der Waals surface area contributed by atoms with Crippen LogP contribution in [0.2, 0.25) is 0 Å². The first kappa shape index (κ1) is 18.0. The van der Waals surface area contributed by atoms with Crippen molar-refractivity contribution in [3.63, 3.8) is 0 Å². The normalized spacial score (nSPS) is 15.3. The zero-order valence-electron chi connectivity index (χ0n) is 16.8. The molecule has 4 aromatic rings. The predicted molar refractivity (Wildman–Crippen MR) is 118 cm³/mol. The molecule has 0 aliphatic carbocycles. The first-order chi connectivity index (χ1) is 14.3. The van der Waals surface area contributed by atoms with Gasteiger partial charge in [-0.15, -0.1) is 0 Å². The number of benzene rings is 3. The minimum absolute atomic E-state index is 0.375. The van der Waals surface area contributed by atoms with Gasteiger partial charge in [0, 0.05) is 18.2 Å². The molecule has 2 heterocycles. The Bertz CT molecular complexity index is 1040. The van der Waals surface area contributed by atoms with E-state index in [4.69, 9.17) is 4.98 Å². The van der Waals surface area contributed by atoms with Crippen LogP contribution in [0, 0.1) is 0 Å². The van der Waals surface area contributed by atoms with Crippen molar-refractivity contribution in [1.82, 2.24) is 9.55 Å². The fourth-order valence-corrected chi connectivity index (χ4v) is 4.65. The molecule has 4 heteroatoms. The van der Waals surface area contributed by atoms with E-state index in [1.54, 1.807) is 4.90 Å². The van der Waals surface area contributed by atoms with Gasteiger partial charge in [0.2, 0.25) is 5.95 Å². The minimum Gasteiger partial charge on any atom is -0.331 e. The van der Waals surface area contributed by atoms with Gasteiger partial charge in [-0.2, -0.15) is 0 Å². The Hall–Kier alpha value is -3.11. The summed E-state index contributed by atoms with van der Waals surface area (Å²) in [5, 5.41) is 0. The topological polar surface area (TPSA) is 25.5 Å². The summed E-state index contributed by atoms with van der Waals surface area (Å²) in [7, 11) is 2.13. The maximum Gasteiger partial charge on any atom is 0.206 e. The van der Waals surface area contributed by atoms with Gasteiger partial charge in [0.05, 0.1) is 37.2 Å². The molecule has 0 saturated carbocycles. The molecule has 1 fully saturated rings. The first-order valence-electron chi connectivity index (χ1n) is 10.4. The average Bonchev–Trinajstić information content (AvgIpc) is 3.13. The van der Waals surface area contributed by atoms with Gasteiger partial charge < -0.3 is 14.4 Å². The van der Waals surface area contributed by atoms with E-state index in [9.17, 15) is 0 Å². The van der Waals surface area contributed by atoms with Gasteiger partial charge in [-0.25, -0.2) is 4.98 Å². The number of nitrogens with one attached hydrogen (secondary N) is 1. The highest BCUT2D eigenvalue weighted by molar-refractivity contribution is 5.78. The van der Waals surface area contributed by atoms with Crippen LogP contribution >= 0.6 is 0 Å². The molecule has 3 aromatic carbocycles. The van der Waals surface area contributed by atoms with Crippen LogP contribution in [0.3, 0.4) is 0 Å². The van der Waals surface area contributed by atoms with E-state index in [-0.39, 0.29) is 0 Å². The largest absolute Gasteiger partial charge is 0.331 e. The van der Waals surface area contributed by atoms with E-state index < -0.39 is 0 Å². The summed E-state index contributed by atoms with van der Waals surface area (Å²) >= 11 is 0. The molecule has 1 saturated heterocycles. The summed E-state index contributed by atoms with van der Waals surface area (Å²) in [5.74, 6) is 1.08. The highest BCUT2D eigenvalue weighted by Crippen LogP contribution is 2.22. The number of para-hydroxylation sites is 2. The third kappa shape index (κ3) is 3.40. The van der Waals surface area contributed by atoms with Gasteiger partial charge in [-0.3, -0.25) is 0 Å². The number of hydrogen-bond donors (Lipinski definition) is 1. The molecule has 0 atom stereocenters. The number of nitrogens with zero attached hydrogens (tertiary/aromatic N) is 3. The van der Waals surface area contributed by atoms with E-state index in [1.165, 1.54) is 16.6 Å². The number of piperazine rings is 1. The molecule has 146 valence electrons. The Kier molecular flexibility index (Phi) is 4.78. The van der Waals surface area contributed by atoms with Crippen LogP contribution in [0.1, 0.15) is 17.2 Å². The molecule has 4 nitrogen and oxygen atoms in total. The van der Waals surface area contributed by atoms with Crippen LogP contribution in [0.5, 0.6) is 0 Å². The number of aromatic nitrogens is 2. The monoisotopic (exact) mass is 383 g/mol. The lowest BCUT2D eigenvalue weighted by atomic mass is 9.96. The highest BCUT2D eigenvalue weighted by Gasteiger charge is 2.31. The zero-order valence-corrected chi connectivity index (χ0v) is 16.8. The SMILES string of the molecule is Cn1c(N2CC[NH+](C(c3ccccc3)c3ccccc3)CC2)nc2ccccc21. The minimum atomic E-state index is 0.375. The van der Waals surface area contributed by atoms with Gasteiger partial charge in [0.15, 0.2) is 0 Å². The molecule has 1 aliphatic heterocycles. The van der Waals surface area contributed by atoms with Gasteiger partial charge in [0.1, 0.15) is 6.04 Å². The fourth-order valence-electron chi connectivity index (χ4n) is 4.65. The molecule has 29 heavy (non-hydrogen) atoms. The Morgan fingerprint density at radius 1 is 0.759 bits per heavy atom. The Labute approximate surface area is 172 Å². The van der Waals surface area contributed by atoms with Crippen molar-refractivity contribution in [3.05, 3.63) is 96.1 Å². The zero-order chi connectivity index (χ0) is 19.6. The van der Waals surface area contributed by atoms with Crippen LogP contribution in [0.4, 0.5) is 5.95 Å². The van der Waals surface area contributed by atoms with Crippen molar-refractivity contribution in [1.29, 1.82) is 0 Å². The number of fused-ring (bicyclic) bond motifs is 1. The summed E-state index contributed by atoms with van der Waals surface area (Å²) in [6.07, 6.45) is 0. The summed E-state index contributed by atoms with van der Waals surface area (Å²) in [6, 6.07) is 30.6. The van der Waals surface area contributed by atoms with Crippen LogP contribution in [-0.4, -0.2) is 35.7 Å². The number of hydrogen-bond acceptors (Lipinski definition) is 2. The van der Waals surface area contributed by atoms with Gasteiger partial charge in [0.25, 0.3) is 0 Å². The summed E-state index contributed by atoms with van der Waals surface area (Å²) in [5.41, 5.74) is 5.06. The summed E-state index contributed by atoms with van der Waals surface area (Å²) in [6.45, 7) is 4.22. The van der Waals surface area contributed by atoms with E-state index in [1.807, 2.05) is 0 Å². The molecule has 1 N–H and O–H groups in total. The lowest BCUT2D eigenvalue weighted by molar-refractivity contribution is -0.926. The van der Waals surface area contributed by atoms with E-state index in [0.717, 1.165) is 37.6 Å². The van der Waals surface area contributed by atoms with Gasteiger partial charge in [-0.05, 0) is 12.1 Å². The Morgan fingerprint density at radius 3 is 1.90 bits per heavy atom. The Balaban J connectivity index is 1.40. The number of anilines is 1. The molecule has 0 spiro atoms. The molecular weight excluding hydrogens is 356 g/mol. The maximum absolute atomic E-state index is 4.90. The van der Waals surface area contributed by atoms with Gasteiger partial charge >= 0.3 is 0 Å². The van der Waals surface area contributed by atoms with Crippen molar-refractivity contribution in [2.24, 2.45) is 7.05 Å². The van der Waals surface area contributed by atoms with E-state index in [2.05, 4.69) is 101 Å². The molecule has 1 aliphatic rings. The second-order valence-electron chi connectivity index (χ2n) is 7.86. The van der Waals surface area contributed by atoms with E-state index in [0.29, 0.717) is 6.04 Å². The predicted octanol–water partition coefficient (Wildman–Crippen LogP) is 3.07. The smallest absolute Gasteiger partial charge is 0.206 e. The number of imidazole rings is 1. The molecule has 0 amide bonds. The second kappa shape index (κ2) is 7.72. The quantitative estimate of drug-likeness (QED) is 0.586. The van der Waals surface area contributed by atoms with Crippen LogP contribution in [0.15, 0.2) is 84.9 Å². The highest BCUT2D eigenvalue weighted by atomic mass is 15.4. The molecular formula is C25H27N4+. The van der Waals surface area contributed by atoms with Crippen LogP contribution in [-0.2, 0) is 7.05 Å². The summed E-state index contributed by atoms with van der Waals surface area (Å²) < 4.78 is 2.23. The average molecular weight is 384 g/mol. The third-order valence-corrected chi connectivity index (χ3v) is 6.13. The number of aryl methyl sites for hydroxylation is 1. The molecule has 0 bridgehead atoms. The van der Waals surface area contributed by atoms with Crippen LogP contribution < -0.4 is 9.80 Å². The molecule has 5 rings (SSSR count). The second-order valence-corrected chi connectivity index (χ2v) is 7.86. The summed E-state index contributed by atoms with van der Waals surface area (Å²) in [4.78, 5) is 8.97. The van der Waals surface area contributed by atoms with Crippen LogP contribution in [0.25, 0.3) is 11.0 Å². The van der Waals surface area contributed by atoms with E-state index >= 15 is 0 Å². The van der Waals surface area contributed by atoms with Crippen molar-refractivity contribution >= 4 is 17.0 Å². The van der Waals surface area contributed by atoms with Crippen molar-refractivity contribution in [2.45, 2.75) is 6.04 Å². The number of rotatable bonds is 4. The van der Waals surface area contributed by atoms with Crippen molar-refractivity contribution in [3.8, 4) is 0 Å². The lowest BCUT2D eigenvalue weighted by Gasteiger charge is -2.37. The lowest BCUT2D eigenvalue weighted by Crippen LogP contribution is -3.15. The number of quaternary nitrogens is 1. The van der Waals surface area contributed by atoms with Crippen molar-refractivity contribution in [2.75, 3.05) is 31.1 Å². The molecule has 1 aromatic heterocycles. The fraction of sp³-hybridized carbons (Fsp3) is 0.240. The molecule has 0 unspecified atom stereocenters. The Morgan fingerprint density at radius 2 is 1.31 bits per heavy atom. The third-order valence-electron chi connectivity index (χ3n) is 6.13.